The van der Waals surface area contributed by atoms with Crippen LogP contribution in [0.15, 0.2) is 29.2 Å². The van der Waals surface area contributed by atoms with Crippen LogP contribution in [-0.4, -0.2) is 4.55 Å². The third kappa shape index (κ3) is 0.671. The Hall–Kier alpha value is -0.470. The van der Waals surface area contributed by atoms with Crippen LogP contribution in [0.5, 0.6) is 0 Å². The first-order valence-electron chi connectivity index (χ1n) is 2.84. The summed E-state index contributed by atoms with van der Waals surface area (Å²) in [4.78, 5) is 1.03. The molecule has 0 bridgehead atoms. The first-order valence-corrected chi connectivity index (χ1v) is 4.16. The van der Waals surface area contributed by atoms with E-state index in [0.29, 0.717) is 0 Å². The highest BCUT2D eigenvalue weighted by atomic mass is 32.2. The molecule has 2 heteroatoms. The Balaban J connectivity index is 2.51. The van der Waals surface area contributed by atoms with Gasteiger partial charge in [-0.05, 0) is 23.3 Å². The topological polar surface area (TPSA) is 23.1 Å². The molecule has 0 radical (unpaired) electrons. The molecule has 1 nitrogen and oxygen atoms in total. The van der Waals surface area contributed by atoms with Crippen molar-refractivity contribution in [1.29, 1.82) is 0 Å². The van der Waals surface area contributed by atoms with Gasteiger partial charge in [0.1, 0.15) is 5.75 Å². The lowest BCUT2D eigenvalue weighted by molar-refractivity contribution is 0.584. The lowest BCUT2D eigenvalue weighted by Crippen LogP contribution is -2.17. The molecule has 46 valence electrons. The fourth-order valence-corrected chi connectivity index (χ4v) is 2.09. The molecule has 1 heterocycles. The van der Waals surface area contributed by atoms with Crippen molar-refractivity contribution in [2.45, 2.75) is 10.6 Å². The van der Waals surface area contributed by atoms with Crippen LogP contribution in [0.25, 0.3) is 0 Å². The largest absolute Gasteiger partial charge is 0.611 e. The van der Waals surface area contributed by atoms with E-state index in [9.17, 15) is 4.55 Å². The Morgan fingerprint density at radius 3 is 2.67 bits per heavy atom. The monoisotopic (exact) mass is 138 g/mol. The molecule has 0 aromatic heterocycles. The Labute approximate surface area is 56.9 Å². The fraction of sp³-hybridized carbons (Fsp3) is 0.143. The van der Waals surface area contributed by atoms with E-state index >= 15 is 0 Å². The molecule has 0 N–H and O–H groups in total. The van der Waals surface area contributed by atoms with E-state index in [1.807, 2.05) is 24.3 Å². The number of hydrogen-bond acceptors (Lipinski definition) is 1. The van der Waals surface area contributed by atoms with Crippen LogP contribution in [0.4, 0.5) is 0 Å². The van der Waals surface area contributed by atoms with Crippen molar-refractivity contribution in [3.8, 4) is 0 Å². The fourth-order valence-electron chi connectivity index (χ4n) is 0.984. The molecule has 0 unspecified atom stereocenters. The second kappa shape index (κ2) is 1.75. The van der Waals surface area contributed by atoms with E-state index in [1.54, 1.807) is 0 Å². The molecule has 9 heavy (non-hydrogen) atoms. The van der Waals surface area contributed by atoms with Crippen molar-refractivity contribution in [3.05, 3.63) is 29.8 Å². The van der Waals surface area contributed by atoms with Gasteiger partial charge in [0.25, 0.3) is 0 Å². The van der Waals surface area contributed by atoms with Crippen molar-refractivity contribution in [2.24, 2.45) is 0 Å². The van der Waals surface area contributed by atoms with E-state index < -0.39 is 11.2 Å². The summed E-state index contributed by atoms with van der Waals surface area (Å²) in [6.45, 7) is 0. The SMILES string of the molecule is [O-][S@+]1Cc2ccccc21. The third-order valence-electron chi connectivity index (χ3n) is 1.50. The highest BCUT2D eigenvalue weighted by Crippen LogP contribution is 2.30. The normalized spacial score (nSPS) is 22.6. The van der Waals surface area contributed by atoms with Gasteiger partial charge < -0.3 is 4.55 Å². The van der Waals surface area contributed by atoms with Crippen LogP contribution in [0.3, 0.4) is 0 Å². The minimum absolute atomic E-state index is 0.667. The maximum Gasteiger partial charge on any atom is 0.160 e. The highest BCUT2D eigenvalue weighted by Gasteiger charge is 2.27. The van der Waals surface area contributed by atoms with Crippen LogP contribution >= 0.6 is 0 Å². The van der Waals surface area contributed by atoms with Gasteiger partial charge in [0, 0.05) is 0 Å². The predicted octanol–water partition coefficient (Wildman–Crippen LogP) is 1.31. The van der Waals surface area contributed by atoms with Gasteiger partial charge in [-0.25, -0.2) is 0 Å². The molecular formula is C7H6OS. The van der Waals surface area contributed by atoms with Gasteiger partial charge >= 0.3 is 0 Å². The maximum absolute atomic E-state index is 10.8. The van der Waals surface area contributed by atoms with Crippen molar-refractivity contribution in [1.82, 2.24) is 0 Å². The quantitative estimate of drug-likeness (QED) is 0.496. The Bertz CT molecular complexity index is 234. The summed E-state index contributed by atoms with van der Waals surface area (Å²) in [7, 11) is 0. The summed E-state index contributed by atoms with van der Waals surface area (Å²) < 4.78 is 10.8. The van der Waals surface area contributed by atoms with E-state index in [4.69, 9.17) is 0 Å². The molecule has 1 atom stereocenters. The molecule has 0 fully saturated rings. The highest BCUT2D eigenvalue weighted by molar-refractivity contribution is 7.92. The summed E-state index contributed by atoms with van der Waals surface area (Å²) in [6, 6.07) is 7.86. The summed E-state index contributed by atoms with van der Waals surface area (Å²) in [6.07, 6.45) is 0. The van der Waals surface area contributed by atoms with E-state index in [-0.39, 0.29) is 0 Å². The molecular weight excluding hydrogens is 132 g/mol. The molecule has 2 rings (SSSR count). The average molecular weight is 138 g/mol. The minimum atomic E-state index is -0.667. The predicted molar refractivity (Wildman–Crippen MR) is 36.6 cm³/mol. The van der Waals surface area contributed by atoms with Crippen LogP contribution in [0, 0.1) is 0 Å². The van der Waals surface area contributed by atoms with E-state index in [2.05, 4.69) is 0 Å². The molecule has 1 aliphatic rings. The van der Waals surface area contributed by atoms with Crippen molar-refractivity contribution < 1.29 is 4.55 Å². The van der Waals surface area contributed by atoms with Gasteiger partial charge in [0.15, 0.2) is 4.90 Å². The zero-order valence-corrected chi connectivity index (χ0v) is 5.65. The van der Waals surface area contributed by atoms with Crippen molar-refractivity contribution in [3.63, 3.8) is 0 Å². The van der Waals surface area contributed by atoms with E-state index in [1.165, 1.54) is 5.56 Å². The average Bonchev–Trinajstić information content (AvgIpc) is 1.86. The molecule has 1 aliphatic heterocycles. The number of fused-ring (bicyclic) bond motifs is 1. The first-order chi connectivity index (χ1) is 4.38. The van der Waals surface area contributed by atoms with E-state index in [0.717, 1.165) is 10.6 Å². The smallest absolute Gasteiger partial charge is 0.160 e. The van der Waals surface area contributed by atoms with Gasteiger partial charge in [0.2, 0.25) is 0 Å². The summed E-state index contributed by atoms with van der Waals surface area (Å²) in [5.41, 5.74) is 1.25. The minimum Gasteiger partial charge on any atom is -0.611 e. The second-order valence-corrected chi connectivity index (χ2v) is 3.52. The number of benzene rings is 1. The van der Waals surface area contributed by atoms with Crippen LogP contribution in [-0.2, 0) is 16.9 Å². The van der Waals surface area contributed by atoms with Crippen LogP contribution in [0.2, 0.25) is 0 Å². The van der Waals surface area contributed by atoms with Gasteiger partial charge in [0.05, 0.1) is 5.56 Å². The van der Waals surface area contributed by atoms with Gasteiger partial charge in [-0.1, -0.05) is 12.1 Å². The number of rotatable bonds is 0. The van der Waals surface area contributed by atoms with Gasteiger partial charge in [-0.2, -0.15) is 0 Å². The lowest BCUT2D eigenvalue weighted by Gasteiger charge is -2.21. The molecule has 0 spiro atoms. The number of hydrogen-bond donors (Lipinski definition) is 0. The first kappa shape index (κ1) is 5.33. The lowest BCUT2D eigenvalue weighted by atomic mass is 10.2. The summed E-state index contributed by atoms with van der Waals surface area (Å²) >= 11 is -0.667. The van der Waals surface area contributed by atoms with Crippen LogP contribution < -0.4 is 0 Å². The summed E-state index contributed by atoms with van der Waals surface area (Å²) in [5.74, 6) is 0.760. The van der Waals surface area contributed by atoms with Gasteiger partial charge in [-0.3, -0.25) is 0 Å². The van der Waals surface area contributed by atoms with Crippen molar-refractivity contribution in [2.75, 3.05) is 0 Å². The molecule has 1 aromatic carbocycles. The van der Waals surface area contributed by atoms with Gasteiger partial charge in [-0.15, -0.1) is 0 Å². The standard InChI is InChI=1S/C7H6OS/c8-9-5-6-3-1-2-4-7(6)9/h1-4H,5H2/t9-/m1/s1. The Kier molecular flexibility index (Phi) is 1.04. The Morgan fingerprint density at radius 1 is 1.33 bits per heavy atom. The van der Waals surface area contributed by atoms with Crippen molar-refractivity contribution >= 4 is 11.2 Å². The van der Waals surface area contributed by atoms with Crippen LogP contribution in [0.1, 0.15) is 5.56 Å². The molecule has 0 aliphatic carbocycles. The zero-order valence-electron chi connectivity index (χ0n) is 4.83. The Morgan fingerprint density at radius 2 is 2.11 bits per heavy atom. The molecule has 0 amide bonds. The molecule has 1 aromatic rings. The third-order valence-corrected chi connectivity index (χ3v) is 2.97. The second-order valence-electron chi connectivity index (χ2n) is 2.10. The summed E-state index contributed by atoms with van der Waals surface area (Å²) in [5, 5.41) is 0. The molecule has 0 saturated heterocycles. The zero-order chi connectivity index (χ0) is 6.27. The maximum atomic E-state index is 10.8. The molecule has 0 saturated carbocycles.